The number of fused-ring (bicyclic) bond motifs is 1. The van der Waals surface area contributed by atoms with Gasteiger partial charge in [-0.15, -0.1) is 0 Å². The number of benzene rings is 1. The van der Waals surface area contributed by atoms with Crippen molar-refractivity contribution in [1.82, 2.24) is 9.55 Å². The first-order valence-corrected chi connectivity index (χ1v) is 6.99. The van der Waals surface area contributed by atoms with Crippen LogP contribution in [0.15, 0.2) is 35.4 Å². The molecule has 0 aliphatic rings. The minimum Gasteiger partial charge on any atom is -0.366 e. The highest BCUT2D eigenvalue weighted by molar-refractivity contribution is 5.98. The second-order valence-corrected chi connectivity index (χ2v) is 5.50. The lowest BCUT2D eigenvalue weighted by Gasteiger charge is -2.14. The summed E-state index contributed by atoms with van der Waals surface area (Å²) in [7, 11) is 1.73. The summed E-state index contributed by atoms with van der Waals surface area (Å²) in [5.41, 5.74) is 10.2. The van der Waals surface area contributed by atoms with E-state index >= 15 is 0 Å². The van der Waals surface area contributed by atoms with E-state index in [1.807, 2.05) is 32.2 Å². The fourth-order valence-corrected chi connectivity index (χ4v) is 2.86. The van der Waals surface area contributed by atoms with E-state index in [9.17, 15) is 9.59 Å². The monoisotopic (exact) mass is 295 g/mol. The van der Waals surface area contributed by atoms with Crippen LogP contribution in [0, 0.1) is 13.8 Å². The minimum atomic E-state index is -0.431. The number of carbonyl (C=O) groups is 1. The third-order valence-electron chi connectivity index (χ3n) is 4.24. The largest absolute Gasteiger partial charge is 0.366 e. The third kappa shape index (κ3) is 1.94. The van der Waals surface area contributed by atoms with Gasteiger partial charge in [-0.05, 0) is 42.7 Å². The Labute approximate surface area is 127 Å². The maximum absolute atomic E-state index is 12.1. The Balaban J connectivity index is 2.36. The number of pyridine rings is 1. The molecule has 0 aliphatic carbocycles. The number of nitrogens with zero attached hydrogens (tertiary/aromatic N) is 1. The molecule has 1 amide bonds. The summed E-state index contributed by atoms with van der Waals surface area (Å²) in [6, 6.07) is 5.51. The quantitative estimate of drug-likeness (QED) is 0.760. The number of amides is 1. The maximum atomic E-state index is 12.1. The number of nitrogens with one attached hydrogen (secondary N) is 1. The molecule has 0 saturated heterocycles. The molecule has 112 valence electrons. The van der Waals surface area contributed by atoms with Crippen molar-refractivity contribution in [2.24, 2.45) is 12.8 Å². The van der Waals surface area contributed by atoms with Gasteiger partial charge < -0.3 is 15.3 Å². The van der Waals surface area contributed by atoms with Gasteiger partial charge in [0.05, 0.1) is 0 Å². The van der Waals surface area contributed by atoms with E-state index < -0.39 is 5.91 Å². The Bertz CT molecular complexity index is 964. The first kappa shape index (κ1) is 14.1. The number of aryl methyl sites for hydroxylation is 1. The SMILES string of the molecule is Cc1c(C(N)=O)ccc(-c2cn(C)c(=O)c3[nH]ccc23)c1C. The summed E-state index contributed by atoms with van der Waals surface area (Å²) in [5, 5.41) is 0.873. The van der Waals surface area contributed by atoms with E-state index in [0.29, 0.717) is 11.1 Å². The molecule has 0 fully saturated rings. The van der Waals surface area contributed by atoms with Crippen molar-refractivity contribution in [3.63, 3.8) is 0 Å². The summed E-state index contributed by atoms with van der Waals surface area (Å²) in [6.45, 7) is 3.84. The van der Waals surface area contributed by atoms with Crippen molar-refractivity contribution in [2.45, 2.75) is 13.8 Å². The first-order valence-electron chi connectivity index (χ1n) is 6.99. The smallest absolute Gasteiger partial charge is 0.274 e. The molecule has 0 spiro atoms. The van der Waals surface area contributed by atoms with E-state index in [1.165, 1.54) is 0 Å². The van der Waals surface area contributed by atoms with Gasteiger partial charge >= 0.3 is 0 Å². The van der Waals surface area contributed by atoms with E-state index in [1.54, 1.807) is 23.9 Å². The van der Waals surface area contributed by atoms with Crippen molar-refractivity contribution in [1.29, 1.82) is 0 Å². The second kappa shape index (κ2) is 4.87. The molecular weight excluding hydrogens is 278 g/mol. The highest BCUT2D eigenvalue weighted by atomic mass is 16.1. The van der Waals surface area contributed by atoms with Gasteiger partial charge in [0.2, 0.25) is 5.91 Å². The lowest BCUT2D eigenvalue weighted by Crippen LogP contribution is -2.17. The average Bonchev–Trinajstić information content (AvgIpc) is 2.95. The van der Waals surface area contributed by atoms with Gasteiger partial charge in [-0.3, -0.25) is 9.59 Å². The van der Waals surface area contributed by atoms with Gasteiger partial charge in [-0.25, -0.2) is 0 Å². The summed E-state index contributed by atoms with van der Waals surface area (Å²) < 4.78 is 1.56. The zero-order chi connectivity index (χ0) is 16.0. The highest BCUT2D eigenvalue weighted by Crippen LogP contribution is 2.31. The maximum Gasteiger partial charge on any atom is 0.274 e. The van der Waals surface area contributed by atoms with Crippen molar-refractivity contribution < 1.29 is 4.79 Å². The molecule has 3 aromatic rings. The lowest BCUT2D eigenvalue weighted by atomic mass is 9.92. The predicted molar refractivity (Wildman–Crippen MR) is 87.0 cm³/mol. The standard InChI is InChI=1S/C17H17N3O2/c1-9-10(2)12(16(18)21)5-4-11(9)14-8-20(3)17(22)15-13(14)6-7-19-15/h4-8,19H,1-3H3,(H2,18,21). The van der Waals surface area contributed by atoms with Crippen LogP contribution in [0.1, 0.15) is 21.5 Å². The van der Waals surface area contributed by atoms with Crippen molar-refractivity contribution in [3.05, 3.63) is 57.6 Å². The Kier molecular flexibility index (Phi) is 3.13. The number of H-pyrrole nitrogens is 1. The molecule has 0 aliphatic heterocycles. The van der Waals surface area contributed by atoms with Crippen LogP contribution in [-0.4, -0.2) is 15.5 Å². The first-order chi connectivity index (χ1) is 10.4. The Hall–Kier alpha value is -2.82. The van der Waals surface area contributed by atoms with E-state index in [-0.39, 0.29) is 5.56 Å². The summed E-state index contributed by atoms with van der Waals surface area (Å²) in [5.74, 6) is -0.431. The second-order valence-electron chi connectivity index (χ2n) is 5.50. The molecule has 5 heteroatoms. The number of hydrogen-bond acceptors (Lipinski definition) is 2. The Morgan fingerprint density at radius 3 is 2.55 bits per heavy atom. The van der Waals surface area contributed by atoms with E-state index in [0.717, 1.165) is 27.6 Å². The summed E-state index contributed by atoms with van der Waals surface area (Å²) in [4.78, 5) is 26.6. The molecule has 3 rings (SSSR count). The van der Waals surface area contributed by atoms with Crippen LogP contribution < -0.4 is 11.3 Å². The predicted octanol–water partition coefficient (Wildman–Crippen LogP) is 2.25. The van der Waals surface area contributed by atoms with Crippen LogP contribution in [0.4, 0.5) is 0 Å². The normalized spacial score (nSPS) is 11.0. The molecule has 0 saturated carbocycles. The van der Waals surface area contributed by atoms with Crippen LogP contribution in [0.3, 0.4) is 0 Å². The fraction of sp³-hybridized carbons (Fsp3) is 0.176. The molecule has 0 unspecified atom stereocenters. The van der Waals surface area contributed by atoms with Crippen LogP contribution >= 0.6 is 0 Å². The van der Waals surface area contributed by atoms with Crippen LogP contribution in [0.2, 0.25) is 0 Å². The molecule has 5 nitrogen and oxygen atoms in total. The fourth-order valence-electron chi connectivity index (χ4n) is 2.86. The van der Waals surface area contributed by atoms with Gasteiger partial charge in [0, 0.05) is 36.0 Å². The third-order valence-corrected chi connectivity index (χ3v) is 4.24. The Morgan fingerprint density at radius 1 is 1.14 bits per heavy atom. The van der Waals surface area contributed by atoms with Crippen LogP contribution in [-0.2, 0) is 7.05 Å². The molecule has 0 bridgehead atoms. The number of hydrogen-bond donors (Lipinski definition) is 2. The molecule has 22 heavy (non-hydrogen) atoms. The number of nitrogens with two attached hydrogens (primary N) is 1. The van der Waals surface area contributed by atoms with E-state index in [2.05, 4.69) is 4.98 Å². The topological polar surface area (TPSA) is 80.9 Å². The number of aromatic nitrogens is 2. The van der Waals surface area contributed by atoms with Gasteiger partial charge in [0.15, 0.2) is 0 Å². The Morgan fingerprint density at radius 2 is 1.86 bits per heavy atom. The van der Waals surface area contributed by atoms with Gasteiger partial charge in [0.25, 0.3) is 5.56 Å². The molecule has 0 radical (unpaired) electrons. The zero-order valence-electron chi connectivity index (χ0n) is 12.7. The molecule has 0 atom stereocenters. The van der Waals surface area contributed by atoms with Gasteiger partial charge in [0.1, 0.15) is 5.52 Å². The van der Waals surface area contributed by atoms with Crippen molar-refractivity contribution >= 4 is 16.8 Å². The van der Waals surface area contributed by atoms with Crippen LogP contribution in [0.5, 0.6) is 0 Å². The lowest BCUT2D eigenvalue weighted by molar-refractivity contribution is 0.0999. The number of carbonyl (C=O) groups excluding carboxylic acids is 1. The van der Waals surface area contributed by atoms with Gasteiger partial charge in [-0.2, -0.15) is 0 Å². The highest BCUT2D eigenvalue weighted by Gasteiger charge is 2.15. The number of primary amides is 1. The summed E-state index contributed by atoms with van der Waals surface area (Å²) in [6.07, 6.45) is 3.58. The molecular formula is C17H17N3O2. The van der Waals surface area contributed by atoms with Crippen LogP contribution in [0.25, 0.3) is 22.0 Å². The zero-order valence-corrected chi connectivity index (χ0v) is 12.7. The molecule has 1 aromatic carbocycles. The molecule has 2 heterocycles. The summed E-state index contributed by atoms with van der Waals surface area (Å²) >= 11 is 0. The minimum absolute atomic E-state index is 0.0631. The average molecular weight is 295 g/mol. The van der Waals surface area contributed by atoms with Crippen molar-refractivity contribution in [2.75, 3.05) is 0 Å². The van der Waals surface area contributed by atoms with Crippen molar-refractivity contribution in [3.8, 4) is 11.1 Å². The number of aromatic amines is 1. The van der Waals surface area contributed by atoms with E-state index in [4.69, 9.17) is 5.73 Å². The molecule has 3 N–H and O–H groups in total. The van der Waals surface area contributed by atoms with Gasteiger partial charge in [-0.1, -0.05) is 6.07 Å². The number of rotatable bonds is 2. The molecule has 2 aromatic heterocycles.